The van der Waals surface area contributed by atoms with Crippen LogP contribution < -0.4 is 5.32 Å². The molecule has 0 radical (unpaired) electrons. The lowest BCUT2D eigenvalue weighted by atomic mass is 10.1. The summed E-state index contributed by atoms with van der Waals surface area (Å²) < 4.78 is 4.46. The first-order valence-electron chi connectivity index (χ1n) is 3.68. The van der Waals surface area contributed by atoms with Gasteiger partial charge in [-0.2, -0.15) is 0 Å². The van der Waals surface area contributed by atoms with Crippen molar-refractivity contribution in [2.45, 2.75) is 26.3 Å². The van der Waals surface area contributed by atoms with E-state index in [4.69, 9.17) is 10.2 Å². The summed E-state index contributed by atoms with van der Waals surface area (Å²) in [6.45, 7) is 3.49. The Morgan fingerprint density at radius 2 is 2.00 bits per heavy atom. The van der Waals surface area contributed by atoms with Crippen LogP contribution in [0.3, 0.4) is 0 Å². The maximum absolute atomic E-state index is 10.6. The Morgan fingerprint density at radius 1 is 1.50 bits per heavy atom. The number of aliphatic carboxylic acids is 1. The van der Waals surface area contributed by atoms with E-state index in [9.17, 15) is 4.79 Å². The van der Waals surface area contributed by atoms with Crippen molar-refractivity contribution in [2.75, 3.05) is 7.11 Å². The number of hydrogen-bond acceptors (Lipinski definition) is 4. The molecule has 0 saturated carbocycles. The van der Waals surface area contributed by atoms with Gasteiger partial charge < -0.3 is 14.9 Å². The third-order valence-corrected chi connectivity index (χ3v) is 1.48. The molecule has 12 heavy (non-hydrogen) atoms. The molecule has 0 aromatic carbocycles. The lowest BCUT2D eigenvalue weighted by Crippen LogP contribution is -2.47. The second-order valence-electron chi connectivity index (χ2n) is 2.81. The summed E-state index contributed by atoms with van der Waals surface area (Å²) in [5.41, 5.74) is 0. The van der Waals surface area contributed by atoms with Gasteiger partial charge in [0, 0.05) is 7.11 Å². The van der Waals surface area contributed by atoms with Crippen LogP contribution in [0.15, 0.2) is 0 Å². The molecule has 1 unspecified atom stereocenters. The molecule has 5 heteroatoms. The van der Waals surface area contributed by atoms with E-state index in [1.165, 1.54) is 7.11 Å². The van der Waals surface area contributed by atoms with Gasteiger partial charge in [0.05, 0.1) is 0 Å². The normalized spacial score (nSPS) is 16.1. The van der Waals surface area contributed by atoms with Gasteiger partial charge in [-0.3, -0.25) is 10.1 Å². The Labute approximate surface area is 71.3 Å². The van der Waals surface area contributed by atoms with Crippen LogP contribution in [0.2, 0.25) is 0 Å². The lowest BCUT2D eigenvalue weighted by molar-refractivity contribution is -0.149. The molecule has 0 fully saturated rings. The highest BCUT2D eigenvalue weighted by molar-refractivity contribution is 5.73. The van der Waals surface area contributed by atoms with Crippen molar-refractivity contribution in [3.05, 3.63) is 0 Å². The van der Waals surface area contributed by atoms with Crippen LogP contribution in [0, 0.1) is 5.92 Å². The summed E-state index contributed by atoms with van der Waals surface area (Å²) in [6, 6.07) is -0.792. The summed E-state index contributed by atoms with van der Waals surface area (Å²) in [7, 11) is 1.29. The summed E-state index contributed by atoms with van der Waals surface area (Å²) in [5.74, 6) is -1.10. The smallest absolute Gasteiger partial charge is 0.321 e. The van der Waals surface area contributed by atoms with E-state index in [-0.39, 0.29) is 5.92 Å². The van der Waals surface area contributed by atoms with E-state index < -0.39 is 18.4 Å². The molecule has 0 heterocycles. The van der Waals surface area contributed by atoms with Gasteiger partial charge in [0.25, 0.3) is 0 Å². The molecular weight excluding hydrogens is 162 g/mol. The van der Waals surface area contributed by atoms with Gasteiger partial charge in [-0.25, -0.2) is 0 Å². The fourth-order valence-corrected chi connectivity index (χ4v) is 0.771. The number of hydrogen-bond donors (Lipinski definition) is 3. The molecule has 5 nitrogen and oxygen atoms in total. The van der Waals surface area contributed by atoms with E-state index in [2.05, 4.69) is 10.1 Å². The van der Waals surface area contributed by atoms with Crippen molar-refractivity contribution < 1.29 is 19.7 Å². The maximum Gasteiger partial charge on any atom is 0.321 e. The molecule has 2 atom stereocenters. The average Bonchev–Trinajstić information content (AvgIpc) is 1.98. The number of carboxylic acids is 1. The molecule has 3 N–H and O–H groups in total. The van der Waals surface area contributed by atoms with Crippen molar-refractivity contribution in [1.29, 1.82) is 0 Å². The number of carbonyl (C=O) groups is 1. The number of rotatable bonds is 5. The average molecular weight is 177 g/mol. The number of nitrogens with one attached hydrogen (secondary N) is 1. The topological polar surface area (TPSA) is 78.8 Å². The third kappa shape index (κ3) is 3.66. The number of methoxy groups -OCH3 is 1. The highest BCUT2D eigenvalue weighted by atomic mass is 16.6. The first-order chi connectivity index (χ1) is 5.49. The SMILES string of the molecule is COC(O)N[C@H](C(=O)O)C(C)C. The molecule has 0 aliphatic carbocycles. The Bertz CT molecular complexity index is 148. The summed E-state index contributed by atoms with van der Waals surface area (Å²) in [6.07, 6.45) is -1.23. The first-order valence-corrected chi connectivity index (χ1v) is 3.68. The van der Waals surface area contributed by atoms with Gasteiger partial charge in [0.2, 0.25) is 6.41 Å². The monoisotopic (exact) mass is 177 g/mol. The van der Waals surface area contributed by atoms with Gasteiger partial charge in [-0.1, -0.05) is 13.8 Å². The molecule has 0 amide bonds. The second kappa shape index (κ2) is 5.08. The molecule has 0 saturated heterocycles. The van der Waals surface area contributed by atoms with Gasteiger partial charge in [-0.15, -0.1) is 0 Å². The second-order valence-corrected chi connectivity index (χ2v) is 2.81. The molecule has 0 aliphatic heterocycles. The van der Waals surface area contributed by atoms with Crippen molar-refractivity contribution in [2.24, 2.45) is 5.92 Å². The molecule has 0 bridgehead atoms. The largest absolute Gasteiger partial charge is 0.480 e. The van der Waals surface area contributed by atoms with Crippen LogP contribution in [0.5, 0.6) is 0 Å². The Balaban J connectivity index is 4.05. The van der Waals surface area contributed by atoms with Gasteiger partial charge >= 0.3 is 5.97 Å². The summed E-state index contributed by atoms with van der Waals surface area (Å²) in [4.78, 5) is 10.6. The fraction of sp³-hybridized carbons (Fsp3) is 0.857. The number of carboxylic acid groups (broad SMARTS) is 1. The zero-order valence-corrected chi connectivity index (χ0v) is 7.44. The van der Waals surface area contributed by atoms with E-state index in [1.54, 1.807) is 13.8 Å². The van der Waals surface area contributed by atoms with Crippen molar-refractivity contribution >= 4 is 5.97 Å². The number of ether oxygens (including phenoxy) is 1. The quantitative estimate of drug-likeness (QED) is 0.498. The highest BCUT2D eigenvalue weighted by Gasteiger charge is 2.23. The molecule has 72 valence electrons. The van der Waals surface area contributed by atoms with E-state index in [0.717, 1.165) is 0 Å². The van der Waals surface area contributed by atoms with Crippen LogP contribution in [-0.2, 0) is 9.53 Å². The van der Waals surface area contributed by atoms with Gasteiger partial charge in [0.15, 0.2) is 0 Å². The van der Waals surface area contributed by atoms with Crippen LogP contribution in [0.4, 0.5) is 0 Å². The Morgan fingerprint density at radius 3 is 2.25 bits per heavy atom. The first kappa shape index (κ1) is 11.4. The minimum absolute atomic E-state index is 0.104. The third-order valence-electron chi connectivity index (χ3n) is 1.48. The minimum atomic E-state index is -1.23. The number of aliphatic hydroxyl groups is 1. The van der Waals surface area contributed by atoms with Crippen LogP contribution >= 0.6 is 0 Å². The van der Waals surface area contributed by atoms with Crippen molar-refractivity contribution in [3.63, 3.8) is 0 Å². The lowest BCUT2D eigenvalue weighted by Gasteiger charge is -2.20. The van der Waals surface area contributed by atoms with Gasteiger partial charge in [0.1, 0.15) is 6.04 Å². The van der Waals surface area contributed by atoms with Crippen LogP contribution in [0.1, 0.15) is 13.8 Å². The zero-order valence-electron chi connectivity index (χ0n) is 7.44. The molecular formula is C7H15NO4. The number of aliphatic hydroxyl groups excluding tert-OH is 1. The van der Waals surface area contributed by atoms with E-state index in [1.807, 2.05) is 0 Å². The van der Waals surface area contributed by atoms with Crippen molar-refractivity contribution in [1.82, 2.24) is 5.32 Å². The zero-order chi connectivity index (χ0) is 9.72. The van der Waals surface area contributed by atoms with Crippen LogP contribution in [-0.4, -0.2) is 35.7 Å². The standard InChI is InChI=1S/C7H15NO4/c1-4(2)5(6(9)10)8-7(11)12-3/h4-5,7-8,11H,1-3H3,(H,9,10)/t5-,7?/m0/s1. The fourth-order valence-electron chi connectivity index (χ4n) is 0.771. The molecule has 0 aliphatic rings. The Hall–Kier alpha value is -0.650. The molecule has 0 aromatic rings. The summed E-state index contributed by atoms with van der Waals surface area (Å²) in [5, 5.41) is 20.0. The van der Waals surface area contributed by atoms with E-state index in [0.29, 0.717) is 0 Å². The van der Waals surface area contributed by atoms with Crippen molar-refractivity contribution in [3.8, 4) is 0 Å². The predicted molar refractivity (Wildman–Crippen MR) is 42.4 cm³/mol. The van der Waals surface area contributed by atoms with Gasteiger partial charge in [-0.05, 0) is 5.92 Å². The highest BCUT2D eigenvalue weighted by Crippen LogP contribution is 2.02. The van der Waals surface area contributed by atoms with E-state index >= 15 is 0 Å². The molecule has 0 spiro atoms. The maximum atomic E-state index is 10.6. The summed E-state index contributed by atoms with van der Waals surface area (Å²) >= 11 is 0. The molecule has 0 aromatic heterocycles. The predicted octanol–water partition coefficient (Wildman–Crippen LogP) is -0.393. The minimum Gasteiger partial charge on any atom is -0.480 e. The van der Waals surface area contributed by atoms with Crippen LogP contribution in [0.25, 0.3) is 0 Å². The molecule has 0 rings (SSSR count). The Kier molecular flexibility index (Phi) is 4.80.